The van der Waals surface area contributed by atoms with Crippen molar-refractivity contribution in [3.63, 3.8) is 0 Å². The number of aromatic nitrogens is 3. The zero-order chi connectivity index (χ0) is 13.5. The monoisotopic (exact) mass is 293 g/mol. The second kappa shape index (κ2) is 6.95. The second-order valence-corrected chi connectivity index (χ2v) is 5.85. The molecule has 98 valence electrons. The molecule has 19 heavy (non-hydrogen) atoms. The van der Waals surface area contributed by atoms with Gasteiger partial charge in [0.1, 0.15) is 5.01 Å². The molecule has 2 aromatic rings. The lowest BCUT2D eigenvalue weighted by molar-refractivity contribution is -0.118. The first-order chi connectivity index (χ1) is 9.24. The zero-order valence-electron chi connectivity index (χ0n) is 10.1. The van der Waals surface area contributed by atoms with E-state index < -0.39 is 0 Å². The Bertz CT molecular complexity index is 569. The minimum atomic E-state index is -0.178. The maximum Gasteiger partial charge on any atom is 0.250 e. The number of aryl methyl sites for hydroxylation is 1. The summed E-state index contributed by atoms with van der Waals surface area (Å²) in [6, 6.07) is 3.60. The number of rotatable bonds is 5. The van der Waals surface area contributed by atoms with E-state index in [9.17, 15) is 4.79 Å². The molecule has 1 amide bonds. The average Bonchev–Trinajstić information content (AvgIpc) is 2.83. The smallest absolute Gasteiger partial charge is 0.250 e. The van der Waals surface area contributed by atoms with Gasteiger partial charge in [0, 0.05) is 12.4 Å². The molecular formula is C11H11N5OS2. The van der Waals surface area contributed by atoms with Crippen LogP contribution in [0.3, 0.4) is 0 Å². The van der Waals surface area contributed by atoms with E-state index in [1.807, 2.05) is 6.92 Å². The van der Waals surface area contributed by atoms with E-state index in [0.717, 1.165) is 14.9 Å². The van der Waals surface area contributed by atoms with E-state index in [0.29, 0.717) is 0 Å². The normalized spacial score (nSPS) is 10.8. The molecule has 0 aliphatic heterocycles. The number of carbonyl (C=O) groups excluding carboxylic acids is 1. The summed E-state index contributed by atoms with van der Waals surface area (Å²) in [4.78, 5) is 15.4. The van der Waals surface area contributed by atoms with Gasteiger partial charge in [-0.3, -0.25) is 9.78 Å². The van der Waals surface area contributed by atoms with Gasteiger partial charge in [0.25, 0.3) is 5.91 Å². The number of nitrogens with one attached hydrogen (secondary N) is 1. The van der Waals surface area contributed by atoms with Gasteiger partial charge in [-0.2, -0.15) is 5.10 Å². The van der Waals surface area contributed by atoms with Crippen LogP contribution < -0.4 is 5.43 Å². The summed E-state index contributed by atoms with van der Waals surface area (Å²) in [7, 11) is 0. The van der Waals surface area contributed by atoms with Gasteiger partial charge in [-0.25, -0.2) is 5.43 Å². The lowest BCUT2D eigenvalue weighted by atomic mass is 10.3. The molecule has 0 radical (unpaired) electrons. The highest BCUT2D eigenvalue weighted by Crippen LogP contribution is 2.21. The summed E-state index contributed by atoms with van der Waals surface area (Å²) >= 11 is 2.81. The van der Waals surface area contributed by atoms with Crippen molar-refractivity contribution in [3.05, 3.63) is 35.1 Å². The van der Waals surface area contributed by atoms with Crippen molar-refractivity contribution in [2.75, 3.05) is 5.75 Å². The highest BCUT2D eigenvalue weighted by Gasteiger charge is 2.05. The molecule has 0 fully saturated rings. The van der Waals surface area contributed by atoms with Crippen LogP contribution >= 0.6 is 23.1 Å². The predicted octanol–water partition coefficient (Wildman–Crippen LogP) is 1.48. The third-order valence-electron chi connectivity index (χ3n) is 1.94. The molecule has 0 spiro atoms. The molecule has 2 heterocycles. The lowest BCUT2D eigenvalue weighted by Gasteiger charge is -1.97. The maximum atomic E-state index is 11.5. The van der Waals surface area contributed by atoms with Crippen molar-refractivity contribution >= 4 is 35.2 Å². The molecule has 8 heteroatoms. The molecule has 0 saturated heterocycles. The number of carbonyl (C=O) groups is 1. The summed E-state index contributed by atoms with van der Waals surface area (Å²) in [5, 5.41) is 12.5. The summed E-state index contributed by atoms with van der Waals surface area (Å²) in [6.07, 6.45) is 4.90. The van der Waals surface area contributed by atoms with Gasteiger partial charge >= 0.3 is 0 Å². The minimum absolute atomic E-state index is 0.178. The van der Waals surface area contributed by atoms with Crippen molar-refractivity contribution in [1.29, 1.82) is 0 Å². The second-order valence-electron chi connectivity index (χ2n) is 3.45. The highest BCUT2D eigenvalue weighted by atomic mass is 32.2. The summed E-state index contributed by atoms with van der Waals surface area (Å²) in [5.41, 5.74) is 3.33. The Hall–Kier alpha value is -1.80. The molecule has 0 unspecified atom stereocenters. The van der Waals surface area contributed by atoms with Crippen LogP contribution in [0.2, 0.25) is 0 Å². The Morgan fingerprint density at radius 3 is 2.95 bits per heavy atom. The molecule has 0 aromatic carbocycles. The van der Waals surface area contributed by atoms with E-state index in [4.69, 9.17) is 0 Å². The predicted molar refractivity (Wildman–Crippen MR) is 75.3 cm³/mol. The number of hydrazone groups is 1. The van der Waals surface area contributed by atoms with Crippen molar-refractivity contribution in [2.24, 2.45) is 5.10 Å². The maximum absolute atomic E-state index is 11.5. The molecule has 0 atom stereocenters. The molecular weight excluding hydrogens is 282 g/mol. The first-order valence-electron chi connectivity index (χ1n) is 5.39. The Kier molecular flexibility index (Phi) is 4.99. The minimum Gasteiger partial charge on any atom is -0.272 e. The lowest BCUT2D eigenvalue weighted by Crippen LogP contribution is -2.19. The standard InChI is InChI=1S/C11H11N5OS2/c1-8-14-16-11(19-8)18-7-10(17)15-13-6-9-2-4-12-5-3-9/h2-6H,7H2,1H3,(H,15,17)/b13-6+. The highest BCUT2D eigenvalue weighted by molar-refractivity contribution is 8.01. The quantitative estimate of drug-likeness (QED) is 0.513. The summed E-state index contributed by atoms with van der Waals surface area (Å²) in [5.74, 6) is 0.0886. The number of amides is 1. The number of nitrogens with zero attached hydrogens (tertiary/aromatic N) is 4. The molecule has 1 N–H and O–H groups in total. The van der Waals surface area contributed by atoms with Crippen LogP contribution in [0.15, 0.2) is 34.0 Å². The van der Waals surface area contributed by atoms with Crippen LogP contribution in [-0.2, 0) is 4.79 Å². The number of pyridine rings is 1. The molecule has 0 aliphatic carbocycles. The van der Waals surface area contributed by atoms with Crippen molar-refractivity contribution < 1.29 is 4.79 Å². The Morgan fingerprint density at radius 1 is 1.47 bits per heavy atom. The van der Waals surface area contributed by atoms with Gasteiger partial charge in [-0.1, -0.05) is 23.1 Å². The van der Waals surface area contributed by atoms with E-state index in [2.05, 4.69) is 25.7 Å². The Labute approximate surface area is 118 Å². The van der Waals surface area contributed by atoms with Gasteiger partial charge < -0.3 is 0 Å². The van der Waals surface area contributed by atoms with Crippen LogP contribution in [0, 0.1) is 6.92 Å². The summed E-state index contributed by atoms with van der Waals surface area (Å²) in [6.45, 7) is 1.88. The van der Waals surface area contributed by atoms with E-state index in [-0.39, 0.29) is 11.7 Å². The van der Waals surface area contributed by atoms with Crippen LogP contribution in [0.4, 0.5) is 0 Å². The van der Waals surface area contributed by atoms with Gasteiger partial charge in [0.05, 0.1) is 12.0 Å². The van der Waals surface area contributed by atoms with Crippen molar-refractivity contribution in [1.82, 2.24) is 20.6 Å². The van der Waals surface area contributed by atoms with Gasteiger partial charge in [-0.15, -0.1) is 10.2 Å². The van der Waals surface area contributed by atoms with Crippen LogP contribution in [0.25, 0.3) is 0 Å². The third-order valence-corrected chi connectivity index (χ3v) is 3.92. The molecule has 0 aliphatic rings. The zero-order valence-corrected chi connectivity index (χ0v) is 11.7. The fourth-order valence-electron chi connectivity index (χ4n) is 1.12. The third kappa shape index (κ3) is 4.76. The fraction of sp³-hybridized carbons (Fsp3) is 0.182. The Morgan fingerprint density at radius 2 is 2.26 bits per heavy atom. The fourth-order valence-corrected chi connectivity index (χ4v) is 2.73. The van der Waals surface area contributed by atoms with E-state index >= 15 is 0 Å². The van der Waals surface area contributed by atoms with Crippen molar-refractivity contribution in [3.8, 4) is 0 Å². The SMILES string of the molecule is Cc1nnc(SCC(=O)N/N=C/c2ccncc2)s1. The molecule has 2 aromatic heterocycles. The molecule has 0 saturated carbocycles. The van der Waals surface area contributed by atoms with E-state index in [1.165, 1.54) is 23.1 Å². The van der Waals surface area contributed by atoms with Crippen molar-refractivity contribution in [2.45, 2.75) is 11.3 Å². The topological polar surface area (TPSA) is 80.1 Å². The number of thioether (sulfide) groups is 1. The largest absolute Gasteiger partial charge is 0.272 e. The van der Waals surface area contributed by atoms with E-state index in [1.54, 1.807) is 30.7 Å². The average molecular weight is 293 g/mol. The van der Waals surface area contributed by atoms with Gasteiger partial charge in [0.15, 0.2) is 4.34 Å². The molecule has 0 bridgehead atoms. The number of hydrogen-bond acceptors (Lipinski definition) is 7. The van der Waals surface area contributed by atoms with Gasteiger partial charge in [-0.05, 0) is 24.6 Å². The van der Waals surface area contributed by atoms with Crippen LogP contribution in [0.1, 0.15) is 10.6 Å². The molecule has 6 nitrogen and oxygen atoms in total. The first kappa shape index (κ1) is 13.6. The van der Waals surface area contributed by atoms with Crippen LogP contribution in [0.5, 0.6) is 0 Å². The number of hydrogen-bond donors (Lipinski definition) is 1. The van der Waals surface area contributed by atoms with Crippen LogP contribution in [-0.4, -0.2) is 33.1 Å². The van der Waals surface area contributed by atoms with Gasteiger partial charge in [0.2, 0.25) is 0 Å². The first-order valence-corrected chi connectivity index (χ1v) is 7.19. The summed E-state index contributed by atoms with van der Waals surface area (Å²) < 4.78 is 0.783. The molecule has 2 rings (SSSR count). The Balaban J connectivity index is 1.74.